The Kier molecular flexibility index (Phi) is 4.35. The molecule has 2 N–H and O–H groups in total. The number of hydrogen-bond donors (Lipinski definition) is 2. The van der Waals surface area contributed by atoms with Crippen molar-refractivity contribution >= 4 is 27.3 Å². The summed E-state index contributed by atoms with van der Waals surface area (Å²) in [5.74, 6) is 0. The second kappa shape index (κ2) is 6.01. The van der Waals surface area contributed by atoms with Crippen LogP contribution in [0.15, 0.2) is 17.0 Å². The van der Waals surface area contributed by atoms with E-state index in [1.165, 1.54) is 13.0 Å². The van der Waals surface area contributed by atoms with Gasteiger partial charge in [0.25, 0.3) is 5.69 Å². The van der Waals surface area contributed by atoms with Gasteiger partial charge in [-0.15, -0.1) is 0 Å². The Morgan fingerprint density at radius 2 is 1.91 bits per heavy atom. The van der Waals surface area contributed by atoms with Gasteiger partial charge in [0.05, 0.1) is 14.8 Å². The van der Waals surface area contributed by atoms with Crippen LogP contribution in [0, 0.1) is 17.0 Å². The molecule has 1 aromatic rings. The van der Waals surface area contributed by atoms with Crippen LogP contribution in [0.4, 0.5) is 5.69 Å². The Balaban J connectivity index is 1.86. The molecule has 2 aliphatic heterocycles. The van der Waals surface area contributed by atoms with Crippen molar-refractivity contribution in [2.75, 3.05) is 0 Å². The SMILES string of the molecule is Cc1c(Cl)cc(S(=O)(=O)NC2CC3CCC(C2)N3)cc1[N+](=O)[O-]. The van der Waals surface area contributed by atoms with E-state index >= 15 is 0 Å². The zero-order valence-electron chi connectivity index (χ0n) is 12.6. The second-order valence-electron chi connectivity index (χ2n) is 6.23. The molecule has 2 heterocycles. The Morgan fingerprint density at radius 1 is 1.30 bits per heavy atom. The Hall–Kier alpha value is -1.22. The van der Waals surface area contributed by atoms with Gasteiger partial charge in [0.1, 0.15) is 0 Å². The quantitative estimate of drug-likeness (QED) is 0.633. The van der Waals surface area contributed by atoms with E-state index in [4.69, 9.17) is 11.6 Å². The van der Waals surface area contributed by atoms with Crippen LogP contribution in [0.2, 0.25) is 5.02 Å². The van der Waals surface area contributed by atoms with Crippen molar-refractivity contribution in [1.82, 2.24) is 10.0 Å². The summed E-state index contributed by atoms with van der Waals surface area (Å²) in [5, 5.41) is 14.6. The molecule has 7 nitrogen and oxygen atoms in total. The predicted octanol–water partition coefficient (Wildman–Crippen LogP) is 2.12. The first-order valence-electron chi connectivity index (χ1n) is 7.49. The smallest absolute Gasteiger partial charge is 0.275 e. The molecule has 0 saturated carbocycles. The van der Waals surface area contributed by atoms with Gasteiger partial charge in [0, 0.05) is 29.8 Å². The summed E-state index contributed by atoms with van der Waals surface area (Å²) in [6.07, 6.45) is 3.59. The number of hydrogen-bond acceptors (Lipinski definition) is 5. The molecule has 2 fully saturated rings. The summed E-state index contributed by atoms with van der Waals surface area (Å²) < 4.78 is 27.8. The molecular formula is C14H18ClN3O4S. The highest BCUT2D eigenvalue weighted by Gasteiger charge is 2.35. The van der Waals surface area contributed by atoms with Gasteiger partial charge in [-0.3, -0.25) is 10.1 Å². The van der Waals surface area contributed by atoms with Gasteiger partial charge in [-0.2, -0.15) is 0 Å². The van der Waals surface area contributed by atoms with Crippen molar-refractivity contribution in [3.05, 3.63) is 32.8 Å². The van der Waals surface area contributed by atoms with E-state index in [9.17, 15) is 18.5 Å². The van der Waals surface area contributed by atoms with Gasteiger partial charge >= 0.3 is 0 Å². The minimum Gasteiger partial charge on any atom is -0.311 e. The third-order valence-electron chi connectivity index (χ3n) is 4.59. The molecule has 9 heteroatoms. The largest absolute Gasteiger partial charge is 0.311 e. The summed E-state index contributed by atoms with van der Waals surface area (Å²) in [6, 6.07) is 2.87. The Bertz CT molecular complexity index is 741. The lowest BCUT2D eigenvalue weighted by Gasteiger charge is -2.29. The number of halogens is 1. The zero-order valence-corrected chi connectivity index (χ0v) is 14.2. The monoisotopic (exact) mass is 359 g/mol. The first-order chi connectivity index (χ1) is 10.8. The molecular weight excluding hydrogens is 342 g/mol. The Labute approximate surface area is 139 Å². The van der Waals surface area contributed by atoms with Crippen LogP contribution in [0.5, 0.6) is 0 Å². The molecule has 1 aromatic carbocycles. The second-order valence-corrected chi connectivity index (χ2v) is 8.35. The van der Waals surface area contributed by atoms with E-state index in [0.717, 1.165) is 31.7 Å². The summed E-state index contributed by atoms with van der Waals surface area (Å²) >= 11 is 5.96. The van der Waals surface area contributed by atoms with Crippen molar-refractivity contribution in [1.29, 1.82) is 0 Å². The van der Waals surface area contributed by atoms with Gasteiger partial charge in [0.2, 0.25) is 10.0 Å². The fourth-order valence-corrected chi connectivity index (χ4v) is 5.01. The summed E-state index contributed by atoms with van der Waals surface area (Å²) in [5.41, 5.74) is -0.0289. The van der Waals surface area contributed by atoms with Crippen molar-refractivity contribution < 1.29 is 13.3 Å². The van der Waals surface area contributed by atoms with E-state index in [1.54, 1.807) is 0 Å². The highest BCUT2D eigenvalue weighted by atomic mass is 35.5. The van der Waals surface area contributed by atoms with Crippen LogP contribution in [0.1, 0.15) is 31.2 Å². The van der Waals surface area contributed by atoms with Crippen molar-refractivity contribution in [2.45, 2.75) is 55.6 Å². The molecule has 126 valence electrons. The standard InChI is InChI=1S/C14H18ClN3O4S/c1-8-13(15)6-12(7-14(8)18(19)20)23(21,22)17-11-4-9-2-3-10(5-11)16-9/h6-7,9-11,16-17H,2-5H2,1H3. The van der Waals surface area contributed by atoms with Crippen LogP contribution in [-0.2, 0) is 10.0 Å². The maximum Gasteiger partial charge on any atom is 0.275 e. The average molecular weight is 360 g/mol. The van der Waals surface area contributed by atoms with Gasteiger partial charge < -0.3 is 5.32 Å². The first kappa shape index (κ1) is 16.6. The molecule has 3 rings (SSSR count). The fraction of sp³-hybridized carbons (Fsp3) is 0.571. The van der Waals surface area contributed by atoms with Crippen LogP contribution in [-0.4, -0.2) is 31.5 Å². The normalized spacial score (nSPS) is 27.1. The number of nitro groups is 1. The summed E-state index contributed by atoms with van der Waals surface area (Å²) in [6.45, 7) is 1.49. The van der Waals surface area contributed by atoms with E-state index in [0.29, 0.717) is 12.1 Å². The number of piperidine rings is 1. The number of fused-ring (bicyclic) bond motifs is 2. The van der Waals surface area contributed by atoms with Crippen LogP contribution in [0.25, 0.3) is 0 Å². The van der Waals surface area contributed by atoms with Crippen molar-refractivity contribution in [2.24, 2.45) is 0 Å². The van der Waals surface area contributed by atoms with Gasteiger partial charge in [0.15, 0.2) is 0 Å². The van der Waals surface area contributed by atoms with E-state index in [1.807, 2.05) is 0 Å². The molecule has 2 unspecified atom stereocenters. The summed E-state index contributed by atoms with van der Waals surface area (Å²) in [7, 11) is -3.84. The van der Waals surface area contributed by atoms with Crippen molar-refractivity contribution in [3.63, 3.8) is 0 Å². The van der Waals surface area contributed by atoms with Gasteiger partial charge in [-0.1, -0.05) is 11.6 Å². The average Bonchev–Trinajstić information content (AvgIpc) is 2.79. The minimum atomic E-state index is -3.84. The van der Waals surface area contributed by atoms with Crippen LogP contribution < -0.4 is 10.0 Å². The number of rotatable bonds is 4. The van der Waals surface area contributed by atoms with Gasteiger partial charge in [-0.05, 0) is 38.7 Å². The third kappa shape index (κ3) is 3.35. The number of benzene rings is 1. The third-order valence-corrected chi connectivity index (χ3v) is 6.48. The number of sulfonamides is 1. The van der Waals surface area contributed by atoms with Crippen LogP contribution >= 0.6 is 11.6 Å². The topological polar surface area (TPSA) is 101 Å². The Morgan fingerprint density at radius 3 is 2.48 bits per heavy atom. The molecule has 2 saturated heterocycles. The molecule has 2 atom stereocenters. The molecule has 0 radical (unpaired) electrons. The molecule has 0 amide bonds. The lowest BCUT2D eigenvalue weighted by molar-refractivity contribution is -0.385. The van der Waals surface area contributed by atoms with E-state index < -0.39 is 14.9 Å². The predicted molar refractivity (Wildman–Crippen MR) is 86.1 cm³/mol. The van der Waals surface area contributed by atoms with Gasteiger partial charge in [-0.25, -0.2) is 13.1 Å². The molecule has 0 aliphatic carbocycles. The van der Waals surface area contributed by atoms with E-state index in [-0.39, 0.29) is 27.2 Å². The van der Waals surface area contributed by atoms with E-state index in [2.05, 4.69) is 10.0 Å². The number of nitrogens with zero attached hydrogens (tertiary/aromatic N) is 1. The molecule has 23 heavy (non-hydrogen) atoms. The maximum atomic E-state index is 12.6. The number of nitrogens with one attached hydrogen (secondary N) is 2. The highest BCUT2D eigenvalue weighted by Crippen LogP contribution is 2.31. The lowest BCUT2D eigenvalue weighted by Crippen LogP contribution is -2.47. The molecule has 2 bridgehead atoms. The lowest BCUT2D eigenvalue weighted by atomic mass is 10.0. The highest BCUT2D eigenvalue weighted by molar-refractivity contribution is 7.89. The fourth-order valence-electron chi connectivity index (χ4n) is 3.43. The summed E-state index contributed by atoms with van der Waals surface area (Å²) in [4.78, 5) is 10.3. The number of nitro benzene ring substituents is 1. The maximum absolute atomic E-state index is 12.6. The molecule has 0 aromatic heterocycles. The minimum absolute atomic E-state index is 0.0740. The zero-order chi connectivity index (χ0) is 16.8. The van der Waals surface area contributed by atoms with Crippen molar-refractivity contribution in [3.8, 4) is 0 Å². The molecule has 2 aliphatic rings. The first-order valence-corrected chi connectivity index (χ1v) is 9.35. The molecule has 0 spiro atoms. The van der Waals surface area contributed by atoms with Crippen LogP contribution in [0.3, 0.4) is 0 Å².